The Bertz CT molecular complexity index is 2390. The van der Waals surface area contributed by atoms with Crippen molar-refractivity contribution in [3.8, 4) is 0 Å². The third-order valence-electron chi connectivity index (χ3n) is 11.8. The molecule has 2 aromatic carbocycles. The van der Waals surface area contributed by atoms with Gasteiger partial charge in [0.1, 0.15) is 42.3 Å². The molecule has 0 saturated carbocycles. The molecule has 406 valence electrons. The number of carbonyl (C=O) groups is 10. The average molecular weight is 1060 g/mol. The highest BCUT2D eigenvalue weighted by molar-refractivity contribution is 7.98. The number of carboxylic acid groups (broad SMARTS) is 3. The van der Waals surface area contributed by atoms with E-state index in [4.69, 9.17) is 11.5 Å². The molecule has 74 heavy (non-hydrogen) atoms. The topological polar surface area (TPSA) is 404 Å². The van der Waals surface area contributed by atoms with E-state index in [-0.39, 0.29) is 38.1 Å². The fourth-order valence-electron chi connectivity index (χ4n) is 7.52. The first-order valence-corrected chi connectivity index (χ1v) is 25.5. The van der Waals surface area contributed by atoms with Crippen LogP contribution in [0.4, 0.5) is 0 Å². The second-order valence-electron chi connectivity index (χ2n) is 17.9. The molecular weight excluding hydrogens is 985 g/mol. The number of carboxylic acids is 3. The second-order valence-corrected chi connectivity index (χ2v) is 18.9. The number of hydrogen-bond donors (Lipinski definition) is 14. The minimum atomic E-state index is -1.75. The van der Waals surface area contributed by atoms with Gasteiger partial charge in [-0.2, -0.15) is 11.8 Å². The SMILES string of the molecule is CSCC[C@H](NC(=O)[C@@H](N)C(C)C)C(=O)N[C@@H](CCCCN)C(=O)N[C@@H](CO)C(=O)N[C@@H](Cc1c[nH]c2ccccc12)C(=O)N[C@@H](CCC(=O)O)C(=O)N[C@@H](CCC(=O)O)C(=O)N[C@@H](Cc1ccccc1)C(=O)O. The Labute approximate surface area is 432 Å². The smallest absolute Gasteiger partial charge is 0.326 e. The minimum absolute atomic E-state index is 0.0291. The summed E-state index contributed by atoms with van der Waals surface area (Å²) in [5.41, 5.74) is 13.4. The summed E-state index contributed by atoms with van der Waals surface area (Å²) in [5, 5.41) is 57.4. The fraction of sp³-hybridized carbons (Fsp3) is 0.510. The zero-order valence-corrected chi connectivity index (χ0v) is 42.4. The lowest BCUT2D eigenvalue weighted by molar-refractivity contribution is -0.143. The maximum Gasteiger partial charge on any atom is 0.326 e. The quantitative estimate of drug-likeness (QED) is 0.0320. The van der Waals surface area contributed by atoms with Crippen LogP contribution in [0.2, 0.25) is 0 Å². The Morgan fingerprint density at radius 2 is 1.03 bits per heavy atom. The third-order valence-corrected chi connectivity index (χ3v) is 12.5. The number of aliphatic carboxylic acids is 3. The van der Waals surface area contributed by atoms with Gasteiger partial charge in [0, 0.05) is 42.8 Å². The van der Waals surface area contributed by atoms with Crippen molar-refractivity contribution >= 4 is 81.9 Å². The number of thioether (sulfide) groups is 1. The summed E-state index contributed by atoms with van der Waals surface area (Å²) in [6.45, 7) is 2.72. The molecule has 0 unspecified atom stereocenters. The number of aromatic nitrogens is 1. The van der Waals surface area contributed by atoms with Crippen molar-refractivity contribution in [3.05, 3.63) is 71.9 Å². The molecule has 0 fully saturated rings. The lowest BCUT2D eigenvalue weighted by atomic mass is 10.0. The Morgan fingerprint density at radius 3 is 1.54 bits per heavy atom. The molecular formula is C49H70N10O14S. The van der Waals surface area contributed by atoms with Crippen molar-refractivity contribution in [1.82, 2.24) is 42.2 Å². The summed E-state index contributed by atoms with van der Waals surface area (Å²) in [6, 6.07) is 3.56. The maximum atomic E-state index is 14.4. The van der Waals surface area contributed by atoms with Crippen LogP contribution in [0, 0.1) is 5.92 Å². The molecule has 0 spiro atoms. The van der Waals surface area contributed by atoms with Gasteiger partial charge in [-0.05, 0) is 80.2 Å². The Kier molecular flexibility index (Phi) is 26.0. The number of aromatic amines is 1. The Hall–Kier alpha value is -7.09. The first-order valence-electron chi connectivity index (χ1n) is 24.1. The number of amides is 7. The molecule has 0 radical (unpaired) electrons. The largest absolute Gasteiger partial charge is 0.481 e. The zero-order valence-electron chi connectivity index (χ0n) is 41.6. The van der Waals surface area contributed by atoms with Gasteiger partial charge in [0.25, 0.3) is 0 Å². The summed E-state index contributed by atoms with van der Waals surface area (Å²) in [7, 11) is 0. The van der Waals surface area contributed by atoms with Crippen LogP contribution < -0.4 is 48.7 Å². The first-order chi connectivity index (χ1) is 35.2. The highest BCUT2D eigenvalue weighted by Crippen LogP contribution is 2.20. The van der Waals surface area contributed by atoms with Crippen molar-refractivity contribution in [2.75, 3.05) is 25.2 Å². The van der Waals surface area contributed by atoms with Gasteiger partial charge >= 0.3 is 17.9 Å². The number of para-hydroxylation sites is 1. The van der Waals surface area contributed by atoms with E-state index >= 15 is 0 Å². The normalized spacial score (nSPS) is 14.4. The second kappa shape index (κ2) is 31.5. The minimum Gasteiger partial charge on any atom is -0.481 e. The van der Waals surface area contributed by atoms with E-state index in [1.54, 1.807) is 74.6 Å². The van der Waals surface area contributed by atoms with Crippen LogP contribution in [-0.4, -0.2) is 158 Å². The van der Waals surface area contributed by atoms with Gasteiger partial charge in [0.05, 0.1) is 12.6 Å². The number of unbranched alkanes of at least 4 members (excludes halogenated alkanes) is 1. The standard InChI is InChI=1S/C49H70N10O14S/c1-27(2)41(51)48(71)56-35(20-22-74-3)45(68)53-32(15-9-10-21-50)42(65)59-38(26-60)47(70)57-36(24-29-25-52-31-14-8-7-13-30(29)31)46(69)55-33(16-18-39(61)62)43(66)54-34(17-19-40(63)64)44(67)58-37(49(72)73)23-28-11-5-4-6-12-28/h4-8,11-14,25,27,32-38,41,52,60H,9-10,15-24,26,50-51H2,1-3H3,(H,53,68)(H,54,66)(H,55,69)(H,56,71)(H,57,70)(H,58,67)(H,59,65)(H,61,62)(H,63,64)(H,72,73)/t32-,33-,34-,35-,36-,37-,38-,41-/m0/s1. The Morgan fingerprint density at radius 1 is 0.568 bits per heavy atom. The predicted molar refractivity (Wildman–Crippen MR) is 273 cm³/mol. The van der Waals surface area contributed by atoms with Gasteiger partial charge in [-0.15, -0.1) is 0 Å². The molecule has 3 aromatic rings. The molecule has 25 heteroatoms. The monoisotopic (exact) mass is 1050 g/mol. The molecule has 0 saturated heterocycles. The Balaban J connectivity index is 1.94. The number of H-pyrrole nitrogens is 1. The van der Waals surface area contributed by atoms with Crippen LogP contribution in [0.5, 0.6) is 0 Å². The summed E-state index contributed by atoms with van der Waals surface area (Å²) in [6.07, 6.45) is 1.40. The molecule has 8 atom stereocenters. The van der Waals surface area contributed by atoms with Crippen molar-refractivity contribution in [3.63, 3.8) is 0 Å². The molecule has 0 aliphatic rings. The van der Waals surface area contributed by atoms with E-state index in [0.717, 1.165) is 0 Å². The van der Waals surface area contributed by atoms with Crippen LogP contribution in [0.15, 0.2) is 60.8 Å². The van der Waals surface area contributed by atoms with Gasteiger partial charge in [0.15, 0.2) is 0 Å². The van der Waals surface area contributed by atoms with Gasteiger partial charge in [-0.1, -0.05) is 62.4 Å². The number of nitrogens with two attached hydrogens (primary N) is 2. The van der Waals surface area contributed by atoms with E-state index in [2.05, 4.69) is 42.2 Å². The number of benzene rings is 2. The van der Waals surface area contributed by atoms with Crippen LogP contribution in [0.1, 0.15) is 76.3 Å². The summed E-state index contributed by atoms with van der Waals surface area (Å²) < 4.78 is 0. The van der Waals surface area contributed by atoms with Gasteiger partial charge in [0.2, 0.25) is 41.4 Å². The van der Waals surface area contributed by atoms with Crippen molar-refractivity contribution in [1.29, 1.82) is 0 Å². The molecule has 0 aliphatic carbocycles. The molecule has 16 N–H and O–H groups in total. The molecule has 0 bridgehead atoms. The first kappa shape index (κ1) is 61.2. The van der Waals surface area contributed by atoms with E-state index in [0.29, 0.717) is 40.6 Å². The number of aliphatic hydroxyl groups excluding tert-OH is 1. The van der Waals surface area contributed by atoms with E-state index < -0.39 is 140 Å². The maximum absolute atomic E-state index is 14.4. The molecule has 1 aromatic heterocycles. The van der Waals surface area contributed by atoms with Crippen molar-refractivity contribution < 1.29 is 68.4 Å². The van der Waals surface area contributed by atoms with Crippen molar-refractivity contribution in [2.24, 2.45) is 17.4 Å². The highest BCUT2D eigenvalue weighted by Gasteiger charge is 2.35. The third kappa shape index (κ3) is 20.4. The van der Waals surface area contributed by atoms with Gasteiger partial charge in [-0.3, -0.25) is 43.2 Å². The molecule has 24 nitrogen and oxygen atoms in total. The summed E-state index contributed by atoms with van der Waals surface area (Å²) in [5.74, 6) is -10.6. The lowest BCUT2D eigenvalue weighted by Gasteiger charge is -2.27. The lowest BCUT2D eigenvalue weighted by Crippen LogP contribution is -2.61. The summed E-state index contributed by atoms with van der Waals surface area (Å²) in [4.78, 5) is 135. The van der Waals surface area contributed by atoms with Crippen molar-refractivity contribution in [2.45, 2.75) is 126 Å². The van der Waals surface area contributed by atoms with E-state index in [1.807, 2.05) is 6.26 Å². The number of rotatable bonds is 34. The number of carbonyl (C=O) groups excluding carboxylic acids is 7. The number of aliphatic hydroxyl groups is 1. The number of hydrogen-bond acceptors (Lipinski definition) is 14. The van der Waals surface area contributed by atoms with Crippen LogP contribution >= 0.6 is 11.8 Å². The van der Waals surface area contributed by atoms with Crippen LogP contribution in [0.25, 0.3) is 10.9 Å². The molecule has 0 aliphatic heterocycles. The molecule has 3 rings (SSSR count). The van der Waals surface area contributed by atoms with Gasteiger partial charge < -0.3 is 74.1 Å². The molecule has 1 heterocycles. The number of nitrogens with one attached hydrogen (secondary N) is 8. The average Bonchev–Trinajstić information content (AvgIpc) is 3.77. The number of fused-ring (bicyclic) bond motifs is 1. The van der Waals surface area contributed by atoms with Crippen LogP contribution in [0.3, 0.4) is 0 Å². The zero-order chi connectivity index (χ0) is 54.9. The highest BCUT2D eigenvalue weighted by atomic mass is 32.2. The van der Waals surface area contributed by atoms with E-state index in [1.165, 1.54) is 11.8 Å². The predicted octanol–water partition coefficient (Wildman–Crippen LogP) is -0.981. The summed E-state index contributed by atoms with van der Waals surface area (Å²) >= 11 is 1.42. The molecule has 7 amide bonds. The van der Waals surface area contributed by atoms with Crippen LogP contribution in [-0.2, 0) is 60.8 Å². The van der Waals surface area contributed by atoms with Gasteiger partial charge in [-0.25, -0.2) is 4.79 Å². The van der Waals surface area contributed by atoms with E-state index in [9.17, 15) is 68.4 Å². The fourth-order valence-corrected chi connectivity index (χ4v) is 7.99.